The molecule has 1 heterocycles. The quantitative estimate of drug-likeness (QED) is 0.0530. The number of nitrogens with one attached hydrogen (secondary N) is 6. The number of aromatic amines is 1. The lowest BCUT2D eigenvalue weighted by Gasteiger charge is -2.33. The lowest BCUT2D eigenvalue weighted by Crippen LogP contribution is -2.61. The van der Waals surface area contributed by atoms with Crippen LogP contribution in [0.3, 0.4) is 0 Å². The van der Waals surface area contributed by atoms with E-state index in [1.54, 1.807) is 58.2 Å². The van der Waals surface area contributed by atoms with Gasteiger partial charge in [0.1, 0.15) is 42.0 Å². The summed E-state index contributed by atoms with van der Waals surface area (Å²) in [4.78, 5) is 98.7. The minimum absolute atomic E-state index is 0.0679. The molecule has 11 N–H and O–H groups in total. The van der Waals surface area contributed by atoms with E-state index in [0.717, 1.165) is 9.37 Å². The normalized spacial score (nSPS) is 14.6. The molecule has 0 saturated heterocycles. The molecule has 3 aromatic rings. The smallest absolute Gasteiger partial charge is 0.326 e. The van der Waals surface area contributed by atoms with E-state index in [-0.39, 0.29) is 42.4 Å². The number of carboxylic acids is 2. The summed E-state index contributed by atoms with van der Waals surface area (Å²) in [6.07, 6.45) is 3.03. The Morgan fingerprint density at radius 2 is 1.45 bits per heavy atom. The van der Waals surface area contributed by atoms with E-state index in [1.807, 2.05) is 13.8 Å². The Hall–Kier alpha value is -5.40. The number of H-pyrrole nitrogens is 1. The second-order valence-corrected chi connectivity index (χ2v) is 18.5. The molecule has 0 spiro atoms. The zero-order chi connectivity index (χ0) is 48.7. The number of benzene rings is 2. The maximum atomic E-state index is 14.6. The van der Waals surface area contributed by atoms with E-state index in [1.165, 1.54) is 19.2 Å². The summed E-state index contributed by atoms with van der Waals surface area (Å²) in [6.45, 7) is 10.8. The molecule has 18 nitrogen and oxygen atoms in total. The fourth-order valence-corrected chi connectivity index (χ4v) is 7.65. The van der Waals surface area contributed by atoms with E-state index in [2.05, 4.69) is 47.5 Å². The van der Waals surface area contributed by atoms with Crippen molar-refractivity contribution in [3.63, 3.8) is 0 Å². The molecular formula is C45H64BrClN8O10. The summed E-state index contributed by atoms with van der Waals surface area (Å²) in [7, 11) is 1.38. The van der Waals surface area contributed by atoms with Crippen LogP contribution in [0, 0.1) is 17.8 Å². The Kier molecular flexibility index (Phi) is 21.0. The monoisotopic (exact) mass is 990 g/mol. The SMILES string of the molecule is CCC(C)[C@@H](NC(=O)N[C@@H](CCCCN)C(=O)N[C@H](C(=O)N[C@@H](CC(C)C)C(=O)N(C)[C@@H](Cc1c[nH]c2cc(Cl)c(O)cc12)C(=O)N[C@@H](Cc1ccc(Br)cc1)C(=O)O)C(C)C)C(=O)O. The number of rotatable bonds is 25. The number of nitrogens with zero attached hydrogens (tertiary/aromatic N) is 1. The summed E-state index contributed by atoms with van der Waals surface area (Å²) in [6, 6.07) is 1.39. The summed E-state index contributed by atoms with van der Waals surface area (Å²) >= 11 is 9.51. The van der Waals surface area contributed by atoms with Crippen LogP contribution in [-0.2, 0) is 41.6 Å². The van der Waals surface area contributed by atoms with E-state index in [9.17, 15) is 48.9 Å². The molecule has 20 heteroatoms. The number of phenolic OH excluding ortho intramolecular Hbond substituents is 1. The minimum Gasteiger partial charge on any atom is -0.506 e. The number of likely N-dealkylation sites (N-methyl/N-ethyl adjacent to an activating group) is 1. The first-order valence-electron chi connectivity index (χ1n) is 21.7. The van der Waals surface area contributed by atoms with Crippen molar-refractivity contribution in [1.29, 1.82) is 0 Å². The van der Waals surface area contributed by atoms with E-state index >= 15 is 0 Å². The van der Waals surface area contributed by atoms with Gasteiger partial charge in [0.15, 0.2) is 0 Å². The first kappa shape index (κ1) is 53.9. The van der Waals surface area contributed by atoms with Crippen LogP contribution < -0.4 is 32.3 Å². The van der Waals surface area contributed by atoms with Gasteiger partial charge in [-0.25, -0.2) is 14.4 Å². The van der Waals surface area contributed by atoms with Gasteiger partial charge in [0.25, 0.3) is 0 Å². The van der Waals surface area contributed by atoms with Crippen molar-refractivity contribution >= 4 is 80.0 Å². The third kappa shape index (κ3) is 15.9. The van der Waals surface area contributed by atoms with Crippen molar-refractivity contribution in [1.82, 2.24) is 36.5 Å². The molecule has 65 heavy (non-hydrogen) atoms. The molecule has 7 atom stereocenters. The number of carboxylic acid groups (broad SMARTS) is 2. The topological polar surface area (TPSA) is 285 Å². The minimum atomic E-state index is -1.39. The number of halogens is 2. The number of aromatic nitrogens is 1. The highest BCUT2D eigenvalue weighted by Crippen LogP contribution is 2.31. The Bertz CT molecular complexity index is 2130. The van der Waals surface area contributed by atoms with Gasteiger partial charge in [0.2, 0.25) is 23.6 Å². The maximum absolute atomic E-state index is 14.6. The van der Waals surface area contributed by atoms with Crippen molar-refractivity contribution in [3.05, 3.63) is 63.2 Å². The molecular weight excluding hydrogens is 928 g/mol. The number of fused-ring (bicyclic) bond motifs is 1. The fourth-order valence-electron chi connectivity index (χ4n) is 7.22. The van der Waals surface area contributed by atoms with Crippen molar-refractivity contribution in [2.75, 3.05) is 13.6 Å². The van der Waals surface area contributed by atoms with Gasteiger partial charge in [-0.1, -0.05) is 87.6 Å². The highest BCUT2D eigenvalue weighted by molar-refractivity contribution is 9.10. The average molecular weight is 992 g/mol. The number of amides is 6. The first-order chi connectivity index (χ1) is 30.6. The first-order valence-corrected chi connectivity index (χ1v) is 22.9. The van der Waals surface area contributed by atoms with Crippen LogP contribution in [0.25, 0.3) is 10.9 Å². The number of nitrogens with two attached hydrogens (primary N) is 1. The molecule has 3 rings (SSSR count). The number of urea groups is 1. The molecule has 0 radical (unpaired) electrons. The average Bonchev–Trinajstić information content (AvgIpc) is 3.62. The Morgan fingerprint density at radius 1 is 0.800 bits per heavy atom. The number of hydrogen-bond donors (Lipinski definition) is 10. The van der Waals surface area contributed by atoms with Gasteiger partial charge >= 0.3 is 18.0 Å². The van der Waals surface area contributed by atoms with Gasteiger partial charge in [-0.2, -0.15) is 0 Å². The van der Waals surface area contributed by atoms with E-state index in [4.69, 9.17) is 17.3 Å². The molecule has 6 amide bonds. The highest BCUT2D eigenvalue weighted by Gasteiger charge is 2.37. The zero-order valence-electron chi connectivity index (χ0n) is 37.9. The molecule has 0 fully saturated rings. The van der Waals surface area contributed by atoms with Crippen molar-refractivity contribution in [3.8, 4) is 5.75 Å². The van der Waals surface area contributed by atoms with Gasteiger partial charge in [-0.3, -0.25) is 19.2 Å². The van der Waals surface area contributed by atoms with Gasteiger partial charge in [-0.05, 0) is 85.4 Å². The highest BCUT2D eigenvalue weighted by atomic mass is 79.9. The Morgan fingerprint density at radius 3 is 2.02 bits per heavy atom. The molecule has 1 aromatic heterocycles. The van der Waals surface area contributed by atoms with Gasteiger partial charge in [0.05, 0.1) is 5.02 Å². The standard InChI is InChI=1S/C45H64BrClN8O10/c1-8-25(6)38(44(63)64)54-45(65)52-31(11-9-10-16-48)39(57)53-37(24(4)5)41(59)50-33(17-23(2)3)42(60)55(7)35(19-27-22-49-32-21-30(47)36(56)20-29(27)32)40(58)51-34(43(61)62)18-26-12-14-28(46)15-13-26/h12-15,20-25,31,33-35,37-38,49,56H,8-11,16-19,48H2,1-7H3,(H,50,59)(H,51,58)(H,53,57)(H,61,62)(H,63,64)(H2,52,54,65)/t25?,31-,33-,34-,35-,37-,38+/m0/s1. The number of carbonyl (C=O) groups excluding carboxylic acids is 5. The van der Waals surface area contributed by atoms with Crippen LogP contribution in [0.2, 0.25) is 5.02 Å². The van der Waals surface area contributed by atoms with Crippen molar-refractivity contribution < 1.29 is 48.9 Å². The molecule has 0 aliphatic carbocycles. The molecule has 0 aliphatic heterocycles. The number of carbonyl (C=O) groups is 7. The number of hydrogen-bond acceptors (Lipinski definition) is 9. The van der Waals surface area contributed by atoms with E-state index < -0.39 is 89.7 Å². The third-order valence-corrected chi connectivity index (χ3v) is 12.1. The lowest BCUT2D eigenvalue weighted by atomic mass is 9.97. The van der Waals surface area contributed by atoms with Crippen LogP contribution in [0.4, 0.5) is 4.79 Å². The molecule has 0 saturated carbocycles. The lowest BCUT2D eigenvalue weighted by molar-refractivity contribution is -0.145. The van der Waals surface area contributed by atoms with Gasteiger partial charge in [0, 0.05) is 41.5 Å². The Balaban J connectivity index is 1.95. The van der Waals surface area contributed by atoms with Crippen LogP contribution >= 0.6 is 27.5 Å². The van der Waals surface area contributed by atoms with Gasteiger partial charge in [-0.15, -0.1) is 0 Å². The predicted octanol–water partition coefficient (Wildman–Crippen LogP) is 4.44. The predicted molar refractivity (Wildman–Crippen MR) is 250 cm³/mol. The molecule has 1 unspecified atom stereocenters. The largest absolute Gasteiger partial charge is 0.506 e. The summed E-state index contributed by atoms with van der Waals surface area (Å²) in [5.41, 5.74) is 7.35. The van der Waals surface area contributed by atoms with Crippen molar-refractivity contribution in [2.24, 2.45) is 23.5 Å². The van der Waals surface area contributed by atoms with Crippen LogP contribution in [0.1, 0.15) is 84.8 Å². The van der Waals surface area contributed by atoms with Gasteiger partial charge < -0.3 is 57.5 Å². The summed E-state index contributed by atoms with van der Waals surface area (Å²) in [5.74, 6) is -6.78. The van der Waals surface area contributed by atoms with Crippen LogP contribution in [0.15, 0.2) is 47.1 Å². The van der Waals surface area contributed by atoms with E-state index in [0.29, 0.717) is 47.8 Å². The molecule has 0 bridgehead atoms. The molecule has 0 aliphatic rings. The summed E-state index contributed by atoms with van der Waals surface area (Å²) < 4.78 is 0.780. The number of aromatic hydroxyl groups is 1. The molecule has 358 valence electrons. The second-order valence-electron chi connectivity index (χ2n) is 17.1. The maximum Gasteiger partial charge on any atom is 0.326 e. The van der Waals surface area contributed by atoms with Crippen molar-refractivity contribution in [2.45, 2.75) is 123 Å². The summed E-state index contributed by atoms with van der Waals surface area (Å²) in [5, 5.41) is 44.0. The number of aliphatic carboxylic acids is 2. The zero-order valence-corrected chi connectivity index (χ0v) is 40.2. The third-order valence-electron chi connectivity index (χ3n) is 11.2. The fraction of sp³-hybridized carbons (Fsp3) is 0.533. The van der Waals surface area contributed by atoms with Crippen LogP contribution in [0.5, 0.6) is 5.75 Å². The van der Waals surface area contributed by atoms with Crippen LogP contribution in [-0.4, -0.2) is 117 Å². The number of unbranched alkanes of at least 4 members (excludes halogenated alkanes) is 1. The molecule has 2 aromatic carbocycles. The second kappa shape index (κ2) is 25.3. The number of phenols is 1. The Labute approximate surface area is 392 Å².